The van der Waals surface area contributed by atoms with Crippen LogP contribution in [0.25, 0.3) is 10.9 Å². The quantitative estimate of drug-likeness (QED) is 0.436. The van der Waals surface area contributed by atoms with Crippen molar-refractivity contribution in [1.82, 2.24) is 4.98 Å². The van der Waals surface area contributed by atoms with Crippen LogP contribution in [0.4, 0.5) is 27.6 Å². The number of halogens is 5. The molecule has 0 saturated heterocycles. The second-order valence-corrected chi connectivity index (χ2v) is 8.11. The molecule has 10 heteroatoms. The molecule has 2 N–H and O–H groups in total. The van der Waals surface area contributed by atoms with E-state index in [1.807, 2.05) is 0 Å². The van der Waals surface area contributed by atoms with Gasteiger partial charge in [-0.1, -0.05) is 12.1 Å². The summed E-state index contributed by atoms with van der Waals surface area (Å²) in [6, 6.07) is 7.77. The normalized spacial score (nSPS) is 14.8. The van der Waals surface area contributed by atoms with E-state index < -0.39 is 46.5 Å². The first-order valence-electron chi connectivity index (χ1n) is 9.46. The molecule has 0 spiro atoms. The first-order valence-corrected chi connectivity index (χ1v) is 10.9. The van der Waals surface area contributed by atoms with Gasteiger partial charge in [0.2, 0.25) is 0 Å². The molecule has 3 aromatic rings. The van der Waals surface area contributed by atoms with Crippen LogP contribution in [0, 0.1) is 18.6 Å². The van der Waals surface area contributed by atoms with Gasteiger partial charge in [-0.15, -0.1) is 0 Å². The highest BCUT2D eigenvalue weighted by atomic mass is 32.2. The lowest BCUT2D eigenvalue weighted by Crippen LogP contribution is -2.54. The Kier molecular flexibility index (Phi) is 6.85. The Morgan fingerprint density at radius 2 is 1.84 bits per heavy atom. The van der Waals surface area contributed by atoms with E-state index in [1.165, 1.54) is 12.3 Å². The summed E-state index contributed by atoms with van der Waals surface area (Å²) < 4.78 is 76.2. The number of methoxy groups -OCH3 is 1. The maximum Gasteiger partial charge on any atom is 0.420 e. The molecule has 2 atom stereocenters. The Bertz CT molecular complexity index is 1130. The SMILES string of the molecule is COc1c(F)ccc(C(Nc2cccc3nc(C)ccc23)C(O)(CSC)C(F)(F)F)c1F. The lowest BCUT2D eigenvalue weighted by Gasteiger charge is -2.39. The van der Waals surface area contributed by atoms with Gasteiger partial charge in [0.15, 0.2) is 23.0 Å². The number of nitrogens with zero attached hydrogens (tertiary/aromatic N) is 1. The van der Waals surface area contributed by atoms with E-state index in [1.54, 1.807) is 31.2 Å². The number of hydrogen-bond donors (Lipinski definition) is 2. The zero-order chi connectivity index (χ0) is 23.7. The van der Waals surface area contributed by atoms with Gasteiger partial charge in [0.25, 0.3) is 0 Å². The number of fused-ring (bicyclic) bond motifs is 1. The number of rotatable bonds is 7. The van der Waals surface area contributed by atoms with Crippen molar-refractivity contribution in [1.29, 1.82) is 0 Å². The van der Waals surface area contributed by atoms with E-state index in [0.717, 1.165) is 31.0 Å². The number of pyridine rings is 1. The molecule has 0 radical (unpaired) electrons. The lowest BCUT2D eigenvalue weighted by atomic mass is 9.88. The fourth-order valence-corrected chi connectivity index (χ4v) is 4.27. The van der Waals surface area contributed by atoms with Gasteiger partial charge in [0, 0.05) is 28.1 Å². The standard InChI is InChI=1S/C22H21F5N2O2S/c1-12-7-8-13-16(28-12)5-4-6-17(13)29-20(21(30,11-32-3)22(25,26)27)14-9-10-15(23)19(31-2)18(14)24/h4-10,20,29-30H,11H2,1-3H3. The molecule has 0 fully saturated rings. The van der Waals surface area contributed by atoms with Crippen LogP contribution < -0.4 is 10.1 Å². The minimum absolute atomic E-state index is 0.200. The van der Waals surface area contributed by atoms with E-state index in [2.05, 4.69) is 10.3 Å². The lowest BCUT2D eigenvalue weighted by molar-refractivity contribution is -0.256. The van der Waals surface area contributed by atoms with Gasteiger partial charge in [0.1, 0.15) is 0 Å². The first-order chi connectivity index (χ1) is 15.0. The third kappa shape index (κ3) is 4.33. The highest BCUT2D eigenvalue weighted by Crippen LogP contribution is 2.46. The predicted molar refractivity (Wildman–Crippen MR) is 115 cm³/mol. The summed E-state index contributed by atoms with van der Waals surface area (Å²) >= 11 is 0.743. The zero-order valence-corrected chi connectivity index (χ0v) is 18.2. The smallest absolute Gasteiger partial charge is 0.420 e. The van der Waals surface area contributed by atoms with E-state index >= 15 is 4.39 Å². The van der Waals surface area contributed by atoms with Crippen molar-refractivity contribution in [3.8, 4) is 5.75 Å². The summed E-state index contributed by atoms with van der Waals surface area (Å²) in [6.45, 7) is 1.77. The summed E-state index contributed by atoms with van der Waals surface area (Å²) in [6.07, 6.45) is -3.75. The molecule has 3 rings (SSSR count). The number of nitrogens with one attached hydrogen (secondary N) is 1. The van der Waals surface area contributed by atoms with Crippen molar-refractivity contribution in [2.45, 2.75) is 24.7 Å². The van der Waals surface area contributed by atoms with Crippen LogP contribution in [0.5, 0.6) is 5.75 Å². The number of alkyl halides is 3. The molecular formula is C22H21F5N2O2S. The number of aliphatic hydroxyl groups is 1. The van der Waals surface area contributed by atoms with Gasteiger partial charge in [0.05, 0.1) is 18.7 Å². The van der Waals surface area contributed by atoms with Crippen LogP contribution in [0.15, 0.2) is 42.5 Å². The van der Waals surface area contributed by atoms with Gasteiger partial charge < -0.3 is 15.2 Å². The second kappa shape index (κ2) is 9.11. The van der Waals surface area contributed by atoms with Gasteiger partial charge >= 0.3 is 6.18 Å². The third-order valence-corrected chi connectivity index (χ3v) is 5.83. The number of hydrogen-bond acceptors (Lipinski definition) is 5. The van der Waals surface area contributed by atoms with E-state index in [0.29, 0.717) is 16.6 Å². The molecule has 2 unspecified atom stereocenters. The van der Waals surface area contributed by atoms with Gasteiger partial charge in [-0.25, -0.2) is 8.78 Å². The molecular weight excluding hydrogens is 451 g/mol. The van der Waals surface area contributed by atoms with Crippen LogP contribution in [-0.4, -0.2) is 41.0 Å². The molecule has 0 aliphatic rings. The molecule has 2 aromatic carbocycles. The highest BCUT2D eigenvalue weighted by Gasteiger charge is 2.59. The number of aromatic nitrogens is 1. The Balaban J connectivity index is 2.25. The number of thioether (sulfide) groups is 1. The summed E-state index contributed by atoms with van der Waals surface area (Å²) in [4.78, 5) is 4.35. The number of ether oxygens (including phenoxy) is 1. The Hall–Kier alpha value is -2.59. The minimum Gasteiger partial charge on any atom is -0.491 e. The number of anilines is 1. The molecule has 172 valence electrons. The van der Waals surface area contributed by atoms with Crippen LogP contribution in [0.2, 0.25) is 0 Å². The van der Waals surface area contributed by atoms with Crippen LogP contribution in [0.1, 0.15) is 17.3 Å². The highest BCUT2D eigenvalue weighted by molar-refractivity contribution is 7.98. The maximum absolute atomic E-state index is 15.1. The van der Waals surface area contributed by atoms with E-state index in [4.69, 9.17) is 4.74 Å². The minimum atomic E-state index is -5.14. The maximum atomic E-state index is 15.1. The van der Waals surface area contributed by atoms with Crippen LogP contribution in [-0.2, 0) is 0 Å². The molecule has 4 nitrogen and oxygen atoms in total. The average Bonchev–Trinajstić information content (AvgIpc) is 2.72. The van der Waals surface area contributed by atoms with Crippen molar-refractivity contribution in [3.05, 3.63) is 65.4 Å². The van der Waals surface area contributed by atoms with Crippen LogP contribution >= 0.6 is 11.8 Å². The van der Waals surface area contributed by atoms with Crippen molar-refractivity contribution < 1.29 is 31.8 Å². The fourth-order valence-electron chi connectivity index (χ4n) is 3.50. The molecule has 0 aliphatic heterocycles. The molecule has 32 heavy (non-hydrogen) atoms. The summed E-state index contributed by atoms with van der Waals surface area (Å²) in [7, 11) is 1.00. The molecule has 1 heterocycles. The monoisotopic (exact) mass is 472 g/mol. The zero-order valence-electron chi connectivity index (χ0n) is 17.4. The van der Waals surface area contributed by atoms with Crippen molar-refractivity contribution in [2.75, 3.05) is 24.4 Å². The fraction of sp³-hybridized carbons (Fsp3) is 0.318. The topological polar surface area (TPSA) is 54.4 Å². The third-order valence-electron chi connectivity index (χ3n) is 5.10. The number of aryl methyl sites for hydroxylation is 1. The second-order valence-electron chi connectivity index (χ2n) is 7.24. The van der Waals surface area contributed by atoms with Crippen molar-refractivity contribution in [3.63, 3.8) is 0 Å². The average molecular weight is 472 g/mol. The molecule has 0 saturated carbocycles. The Labute approximate surface area is 185 Å². The van der Waals surface area contributed by atoms with E-state index in [9.17, 15) is 22.7 Å². The molecule has 0 aliphatic carbocycles. The van der Waals surface area contributed by atoms with Crippen molar-refractivity contribution in [2.24, 2.45) is 0 Å². The first kappa shape index (κ1) is 24.1. The Morgan fingerprint density at radius 1 is 1.12 bits per heavy atom. The van der Waals surface area contributed by atoms with E-state index in [-0.39, 0.29) is 5.69 Å². The Morgan fingerprint density at radius 3 is 2.47 bits per heavy atom. The summed E-state index contributed by atoms with van der Waals surface area (Å²) in [5.41, 5.74) is -2.57. The summed E-state index contributed by atoms with van der Waals surface area (Å²) in [5, 5.41) is 14.0. The molecule has 0 bridgehead atoms. The van der Waals surface area contributed by atoms with Crippen LogP contribution in [0.3, 0.4) is 0 Å². The molecule has 0 amide bonds. The molecule has 1 aromatic heterocycles. The van der Waals surface area contributed by atoms with Gasteiger partial charge in [-0.2, -0.15) is 24.9 Å². The number of benzene rings is 2. The summed E-state index contributed by atoms with van der Waals surface area (Å²) in [5.74, 6) is -4.03. The largest absolute Gasteiger partial charge is 0.491 e. The van der Waals surface area contributed by atoms with Gasteiger partial charge in [-0.3, -0.25) is 4.98 Å². The van der Waals surface area contributed by atoms with Crippen molar-refractivity contribution >= 4 is 28.4 Å². The predicted octanol–water partition coefficient (Wildman–Crippen LogP) is 5.64. The van der Waals surface area contributed by atoms with Gasteiger partial charge in [-0.05, 0) is 43.5 Å².